The average molecular weight is 330 g/mol. The number of aromatic nitrogens is 1. The molecule has 0 unspecified atom stereocenters. The molecule has 3 rings (SSSR count). The van der Waals surface area contributed by atoms with Crippen LogP contribution in [0.3, 0.4) is 0 Å². The number of nitrogens with one attached hydrogen (secondary N) is 1. The second kappa shape index (κ2) is 8.08. The summed E-state index contributed by atoms with van der Waals surface area (Å²) in [4.78, 5) is 25.6. The highest BCUT2D eigenvalue weighted by atomic mass is 16.4. The summed E-state index contributed by atoms with van der Waals surface area (Å²) < 4.78 is 0. The van der Waals surface area contributed by atoms with Crippen molar-refractivity contribution in [2.24, 2.45) is 5.92 Å². The number of pyridine rings is 1. The van der Waals surface area contributed by atoms with Crippen LogP contribution in [-0.2, 0) is 9.59 Å². The highest BCUT2D eigenvalue weighted by Gasteiger charge is 2.40. The minimum atomic E-state index is -1.26. The molecule has 3 N–H and O–H groups in total. The zero-order valence-corrected chi connectivity index (χ0v) is 12.9. The van der Waals surface area contributed by atoms with Gasteiger partial charge in [0.2, 0.25) is 0 Å². The number of rotatable bonds is 3. The van der Waals surface area contributed by atoms with Crippen LogP contribution >= 0.6 is 0 Å². The third-order valence-corrected chi connectivity index (χ3v) is 3.97. The van der Waals surface area contributed by atoms with Crippen LogP contribution in [-0.4, -0.2) is 52.8 Å². The van der Waals surface area contributed by atoms with Crippen molar-refractivity contribution in [1.29, 1.82) is 5.26 Å². The number of fused-ring (bicyclic) bond motifs is 1. The van der Waals surface area contributed by atoms with E-state index in [-0.39, 0.29) is 0 Å². The van der Waals surface area contributed by atoms with Crippen LogP contribution in [0.2, 0.25) is 0 Å². The maximum atomic E-state index is 9.55. The number of aliphatic carboxylic acids is 2. The largest absolute Gasteiger partial charge is 0.478 e. The summed E-state index contributed by atoms with van der Waals surface area (Å²) in [6, 6.07) is 4.67. The van der Waals surface area contributed by atoms with Gasteiger partial charge in [-0.3, -0.25) is 4.98 Å². The molecule has 24 heavy (non-hydrogen) atoms. The summed E-state index contributed by atoms with van der Waals surface area (Å²) in [6.45, 7) is 3.32. The molecule has 2 saturated heterocycles. The second-order valence-corrected chi connectivity index (χ2v) is 5.53. The van der Waals surface area contributed by atoms with Gasteiger partial charge in [-0.05, 0) is 24.9 Å². The van der Waals surface area contributed by atoms with Crippen LogP contribution in [0.15, 0.2) is 30.6 Å². The molecule has 1 aromatic heterocycles. The maximum Gasteiger partial charge on any atom is 0.328 e. The average Bonchev–Trinajstić information content (AvgIpc) is 2.55. The molecule has 2 aliphatic heterocycles. The monoisotopic (exact) mass is 330 g/mol. The van der Waals surface area contributed by atoms with E-state index < -0.39 is 11.9 Å². The standard InChI is InChI=1S/C12H14N4.C4H4O4/c13-4-9-3-11(6-15-5-9)16-8-10-1-2-14-7-12(10)16;5-3(6)1-2-4(7)8/h3,5-6,10,12,14H,1-2,7-8H2;1-2H,(H,5,6)(H,7,8)/t10-,12-;/m1./s1. The summed E-state index contributed by atoms with van der Waals surface area (Å²) in [7, 11) is 0. The first kappa shape index (κ1) is 17.4. The Kier molecular flexibility index (Phi) is 5.87. The molecule has 0 radical (unpaired) electrons. The van der Waals surface area contributed by atoms with Gasteiger partial charge in [0.25, 0.3) is 0 Å². The summed E-state index contributed by atoms with van der Waals surface area (Å²) in [6.07, 6.45) is 5.85. The molecular weight excluding hydrogens is 312 g/mol. The van der Waals surface area contributed by atoms with Gasteiger partial charge in [-0.2, -0.15) is 5.26 Å². The Morgan fingerprint density at radius 1 is 1.33 bits per heavy atom. The first-order valence-corrected chi connectivity index (χ1v) is 7.47. The van der Waals surface area contributed by atoms with Crippen LogP contribution in [0.5, 0.6) is 0 Å². The Morgan fingerprint density at radius 2 is 2.04 bits per heavy atom. The van der Waals surface area contributed by atoms with E-state index in [2.05, 4.69) is 21.3 Å². The molecule has 2 fully saturated rings. The number of anilines is 1. The molecular formula is C16H18N4O4. The molecule has 8 nitrogen and oxygen atoms in total. The van der Waals surface area contributed by atoms with Crippen LogP contribution in [0.1, 0.15) is 12.0 Å². The van der Waals surface area contributed by atoms with E-state index in [4.69, 9.17) is 15.5 Å². The number of nitrogens with zero attached hydrogens (tertiary/aromatic N) is 3. The number of hydrogen-bond donors (Lipinski definition) is 3. The smallest absolute Gasteiger partial charge is 0.328 e. The number of carboxylic acids is 2. The minimum Gasteiger partial charge on any atom is -0.478 e. The van der Waals surface area contributed by atoms with Crippen LogP contribution < -0.4 is 10.2 Å². The second-order valence-electron chi connectivity index (χ2n) is 5.53. The molecule has 0 bridgehead atoms. The van der Waals surface area contributed by atoms with Crippen molar-refractivity contribution in [3.63, 3.8) is 0 Å². The van der Waals surface area contributed by atoms with Crippen molar-refractivity contribution in [3.8, 4) is 6.07 Å². The van der Waals surface area contributed by atoms with Crippen molar-refractivity contribution >= 4 is 17.6 Å². The minimum absolute atomic E-state index is 0.558. The molecule has 0 saturated carbocycles. The topological polar surface area (TPSA) is 127 Å². The van der Waals surface area contributed by atoms with Gasteiger partial charge in [0, 0.05) is 37.5 Å². The number of carbonyl (C=O) groups is 2. The highest BCUT2D eigenvalue weighted by molar-refractivity contribution is 5.89. The Bertz CT molecular complexity index is 667. The van der Waals surface area contributed by atoms with Gasteiger partial charge >= 0.3 is 11.9 Å². The van der Waals surface area contributed by atoms with Gasteiger partial charge < -0.3 is 20.4 Å². The van der Waals surface area contributed by atoms with Crippen molar-refractivity contribution in [3.05, 3.63) is 36.2 Å². The lowest BCUT2D eigenvalue weighted by Gasteiger charge is -2.52. The quantitative estimate of drug-likeness (QED) is 0.682. The molecule has 0 aromatic carbocycles. The van der Waals surface area contributed by atoms with Gasteiger partial charge in [-0.25, -0.2) is 9.59 Å². The highest BCUT2D eigenvalue weighted by Crippen LogP contribution is 2.34. The molecule has 1 aromatic rings. The van der Waals surface area contributed by atoms with E-state index in [0.29, 0.717) is 23.8 Å². The lowest BCUT2D eigenvalue weighted by Crippen LogP contribution is -2.63. The van der Waals surface area contributed by atoms with E-state index >= 15 is 0 Å². The Labute approximate surface area is 139 Å². The fourth-order valence-electron chi connectivity index (χ4n) is 2.81. The SMILES string of the molecule is N#Cc1cncc(N2C[C@H]3CCNC[C@H]32)c1.O=C(O)C=CC(=O)O. The van der Waals surface area contributed by atoms with Crippen LogP contribution in [0.25, 0.3) is 0 Å². The predicted molar refractivity (Wildman–Crippen MR) is 85.5 cm³/mol. The van der Waals surface area contributed by atoms with E-state index in [0.717, 1.165) is 31.2 Å². The lowest BCUT2D eigenvalue weighted by atomic mass is 9.83. The maximum absolute atomic E-state index is 9.55. The first-order valence-electron chi connectivity index (χ1n) is 7.47. The van der Waals surface area contributed by atoms with Gasteiger partial charge in [0.1, 0.15) is 6.07 Å². The van der Waals surface area contributed by atoms with Gasteiger partial charge in [0.05, 0.1) is 17.4 Å². The van der Waals surface area contributed by atoms with Gasteiger partial charge in [-0.1, -0.05) is 0 Å². The summed E-state index contributed by atoms with van der Waals surface area (Å²) in [5.41, 5.74) is 1.73. The summed E-state index contributed by atoms with van der Waals surface area (Å²) in [5, 5.41) is 27.9. The Balaban J connectivity index is 0.000000224. The lowest BCUT2D eigenvalue weighted by molar-refractivity contribution is -0.134. The van der Waals surface area contributed by atoms with Crippen molar-refractivity contribution in [2.45, 2.75) is 12.5 Å². The van der Waals surface area contributed by atoms with Gasteiger partial charge in [-0.15, -0.1) is 0 Å². The molecule has 0 aliphatic carbocycles. The van der Waals surface area contributed by atoms with E-state index in [1.165, 1.54) is 6.42 Å². The molecule has 3 heterocycles. The fourth-order valence-corrected chi connectivity index (χ4v) is 2.81. The molecule has 0 spiro atoms. The number of hydrogen-bond acceptors (Lipinski definition) is 6. The third-order valence-electron chi connectivity index (χ3n) is 3.97. The van der Waals surface area contributed by atoms with E-state index in [9.17, 15) is 9.59 Å². The number of piperidine rings is 1. The van der Waals surface area contributed by atoms with E-state index in [1.807, 2.05) is 12.3 Å². The van der Waals surface area contributed by atoms with Crippen molar-refractivity contribution < 1.29 is 19.8 Å². The Hall–Kier alpha value is -2.92. The molecule has 2 aliphatic rings. The Morgan fingerprint density at radius 3 is 2.62 bits per heavy atom. The number of nitriles is 1. The number of carboxylic acid groups (broad SMARTS) is 2. The van der Waals surface area contributed by atoms with Crippen LogP contribution in [0, 0.1) is 17.2 Å². The van der Waals surface area contributed by atoms with Crippen molar-refractivity contribution in [2.75, 3.05) is 24.5 Å². The van der Waals surface area contributed by atoms with Crippen LogP contribution in [0.4, 0.5) is 5.69 Å². The third kappa shape index (κ3) is 4.54. The predicted octanol–water partition coefficient (Wildman–Crippen LogP) is 0.463. The first-order chi connectivity index (χ1) is 11.5. The van der Waals surface area contributed by atoms with E-state index in [1.54, 1.807) is 6.20 Å². The molecule has 2 atom stereocenters. The molecule has 0 amide bonds. The molecule has 126 valence electrons. The zero-order chi connectivity index (χ0) is 17.5. The summed E-state index contributed by atoms with van der Waals surface area (Å²) >= 11 is 0. The zero-order valence-electron chi connectivity index (χ0n) is 12.9. The fraction of sp³-hybridized carbons (Fsp3) is 0.375. The molecule has 8 heteroatoms. The summed E-state index contributed by atoms with van der Waals surface area (Å²) in [5.74, 6) is -1.69. The van der Waals surface area contributed by atoms with Crippen molar-refractivity contribution in [1.82, 2.24) is 10.3 Å². The van der Waals surface area contributed by atoms with Gasteiger partial charge in [0.15, 0.2) is 0 Å². The normalized spacial score (nSPS) is 21.7.